The molecular formula is C29H33ClN4O3. The molecule has 7 nitrogen and oxygen atoms in total. The van der Waals surface area contributed by atoms with E-state index in [0.717, 1.165) is 34.0 Å². The molecule has 2 aliphatic rings. The molecule has 1 unspecified atom stereocenters. The number of halogens is 1. The Kier molecular flexibility index (Phi) is 7.57. The quantitative estimate of drug-likeness (QED) is 0.500. The first-order chi connectivity index (χ1) is 17.5. The van der Waals surface area contributed by atoms with Crippen molar-refractivity contribution in [3.05, 3.63) is 88.2 Å². The number of nitrogens with zero attached hydrogens (tertiary/aromatic N) is 2. The number of aryl methyl sites for hydroxylation is 1. The van der Waals surface area contributed by atoms with E-state index in [1.54, 1.807) is 0 Å². The molecule has 3 amide bonds. The van der Waals surface area contributed by atoms with Gasteiger partial charge in [0.1, 0.15) is 11.7 Å². The van der Waals surface area contributed by atoms with Gasteiger partial charge in [0.25, 0.3) is 11.8 Å². The standard InChI is InChI=1S/C29H33ClN4O3/c1-18-9-11-20(15-23(18)30)13-14-33(5)29(3,4)21-7-6-8-22(16-21)32-24-17-26(35)34(28(24)37)25-12-10-19(2)31-27(25)36/h6-9,11,15-17,25,32H,2,10,12-14H2,1,3-5H3,(H,31,36). The maximum Gasteiger partial charge on any atom is 0.278 e. The number of carbonyl (C=O) groups is 3. The maximum absolute atomic E-state index is 13.1. The number of allylic oxidation sites excluding steroid dienone is 1. The summed E-state index contributed by atoms with van der Waals surface area (Å²) in [6, 6.07) is 13.1. The smallest absolute Gasteiger partial charge is 0.278 e. The van der Waals surface area contributed by atoms with Gasteiger partial charge in [-0.2, -0.15) is 0 Å². The average Bonchev–Trinajstić information content (AvgIpc) is 3.12. The van der Waals surface area contributed by atoms with Gasteiger partial charge >= 0.3 is 0 Å². The molecule has 0 spiro atoms. The molecule has 8 heteroatoms. The Morgan fingerprint density at radius 2 is 1.95 bits per heavy atom. The predicted octanol–water partition coefficient (Wildman–Crippen LogP) is 4.51. The average molecular weight is 521 g/mol. The Morgan fingerprint density at radius 3 is 2.65 bits per heavy atom. The van der Waals surface area contributed by atoms with E-state index in [0.29, 0.717) is 24.2 Å². The van der Waals surface area contributed by atoms with Crippen LogP contribution in [0.3, 0.4) is 0 Å². The van der Waals surface area contributed by atoms with E-state index in [2.05, 4.69) is 49.1 Å². The van der Waals surface area contributed by atoms with E-state index in [4.69, 9.17) is 11.6 Å². The van der Waals surface area contributed by atoms with Crippen LogP contribution in [-0.4, -0.2) is 47.2 Å². The first-order valence-corrected chi connectivity index (χ1v) is 12.8. The number of benzene rings is 2. The van der Waals surface area contributed by atoms with Crippen LogP contribution in [0, 0.1) is 6.92 Å². The summed E-state index contributed by atoms with van der Waals surface area (Å²) < 4.78 is 0. The highest BCUT2D eigenvalue weighted by atomic mass is 35.5. The second-order valence-corrected chi connectivity index (χ2v) is 10.6. The van der Waals surface area contributed by atoms with Crippen LogP contribution < -0.4 is 10.6 Å². The molecule has 0 saturated carbocycles. The molecule has 1 atom stereocenters. The fourth-order valence-electron chi connectivity index (χ4n) is 4.60. The third kappa shape index (κ3) is 5.63. The molecule has 0 radical (unpaired) electrons. The van der Waals surface area contributed by atoms with Gasteiger partial charge in [0.05, 0.1) is 0 Å². The predicted molar refractivity (Wildman–Crippen MR) is 146 cm³/mol. The molecule has 194 valence electrons. The maximum atomic E-state index is 13.1. The third-order valence-corrected chi connectivity index (χ3v) is 7.77. The van der Waals surface area contributed by atoms with Crippen LogP contribution >= 0.6 is 11.6 Å². The van der Waals surface area contributed by atoms with Crippen LogP contribution in [0.5, 0.6) is 0 Å². The molecule has 0 aliphatic carbocycles. The van der Waals surface area contributed by atoms with E-state index in [9.17, 15) is 14.4 Å². The number of hydrogen-bond acceptors (Lipinski definition) is 5. The zero-order chi connectivity index (χ0) is 26.9. The molecule has 2 aromatic rings. The van der Waals surface area contributed by atoms with Crippen LogP contribution in [-0.2, 0) is 26.3 Å². The van der Waals surface area contributed by atoms with Crippen LogP contribution in [0.4, 0.5) is 5.69 Å². The van der Waals surface area contributed by atoms with Crippen molar-refractivity contribution in [3.8, 4) is 0 Å². The van der Waals surface area contributed by atoms with Crippen LogP contribution in [0.2, 0.25) is 5.02 Å². The zero-order valence-corrected chi connectivity index (χ0v) is 22.5. The van der Waals surface area contributed by atoms with Crippen molar-refractivity contribution < 1.29 is 14.4 Å². The normalized spacial score (nSPS) is 18.4. The number of nitrogens with one attached hydrogen (secondary N) is 2. The number of likely N-dealkylation sites (N-methyl/N-ethyl adjacent to an activating group) is 1. The van der Waals surface area contributed by atoms with Gasteiger partial charge < -0.3 is 10.6 Å². The molecule has 2 aromatic carbocycles. The Labute approximate surface area is 223 Å². The van der Waals surface area contributed by atoms with E-state index in [1.165, 1.54) is 11.6 Å². The highest BCUT2D eigenvalue weighted by Gasteiger charge is 2.41. The summed E-state index contributed by atoms with van der Waals surface area (Å²) in [6.07, 6.45) is 3.01. The van der Waals surface area contributed by atoms with E-state index < -0.39 is 17.9 Å². The van der Waals surface area contributed by atoms with Crippen molar-refractivity contribution >= 4 is 35.0 Å². The number of anilines is 1. The van der Waals surface area contributed by atoms with Crippen molar-refractivity contribution in [3.63, 3.8) is 0 Å². The molecule has 4 rings (SSSR count). The minimum atomic E-state index is -0.830. The number of rotatable bonds is 8. The van der Waals surface area contributed by atoms with Crippen LogP contribution in [0.25, 0.3) is 0 Å². The van der Waals surface area contributed by atoms with Crippen molar-refractivity contribution in [1.82, 2.24) is 15.1 Å². The lowest BCUT2D eigenvalue weighted by Gasteiger charge is -2.36. The monoisotopic (exact) mass is 520 g/mol. The van der Waals surface area contributed by atoms with Crippen LogP contribution in [0.15, 0.2) is 66.5 Å². The summed E-state index contributed by atoms with van der Waals surface area (Å²) in [5, 5.41) is 6.52. The lowest BCUT2D eigenvalue weighted by Crippen LogP contribution is -2.52. The number of carbonyl (C=O) groups excluding carboxylic acids is 3. The molecule has 1 fully saturated rings. The van der Waals surface area contributed by atoms with Crippen molar-refractivity contribution in [2.75, 3.05) is 18.9 Å². The molecule has 0 bridgehead atoms. The van der Waals surface area contributed by atoms with E-state index >= 15 is 0 Å². The molecule has 2 N–H and O–H groups in total. The lowest BCUT2D eigenvalue weighted by atomic mass is 9.91. The summed E-state index contributed by atoms with van der Waals surface area (Å²) in [5.74, 6) is -1.38. The topological polar surface area (TPSA) is 81.8 Å². The second-order valence-electron chi connectivity index (χ2n) is 10.2. The van der Waals surface area contributed by atoms with Crippen LogP contribution in [0.1, 0.15) is 43.4 Å². The fraction of sp³-hybridized carbons (Fsp3) is 0.345. The second kappa shape index (κ2) is 10.5. The summed E-state index contributed by atoms with van der Waals surface area (Å²) in [6.45, 7) is 10.9. The van der Waals surface area contributed by atoms with Gasteiger partial charge in [0, 0.05) is 34.6 Å². The third-order valence-electron chi connectivity index (χ3n) is 7.36. The Balaban J connectivity index is 1.44. The number of imide groups is 1. The Hall–Kier alpha value is -3.42. The van der Waals surface area contributed by atoms with Gasteiger partial charge in [-0.25, -0.2) is 0 Å². The van der Waals surface area contributed by atoms with Gasteiger partial charge in [-0.3, -0.25) is 24.2 Å². The number of amides is 3. The first kappa shape index (κ1) is 26.6. The molecule has 2 aliphatic heterocycles. The summed E-state index contributed by atoms with van der Waals surface area (Å²) in [7, 11) is 2.08. The van der Waals surface area contributed by atoms with Gasteiger partial charge in [-0.1, -0.05) is 42.4 Å². The molecule has 2 heterocycles. The first-order valence-electron chi connectivity index (χ1n) is 12.4. The minimum absolute atomic E-state index is 0.154. The van der Waals surface area contributed by atoms with Crippen molar-refractivity contribution in [2.24, 2.45) is 0 Å². The van der Waals surface area contributed by atoms with Crippen molar-refractivity contribution in [2.45, 2.75) is 51.6 Å². The summed E-state index contributed by atoms with van der Waals surface area (Å²) >= 11 is 6.29. The van der Waals surface area contributed by atoms with Gasteiger partial charge in [-0.15, -0.1) is 0 Å². The summed E-state index contributed by atoms with van der Waals surface area (Å²) in [4.78, 5) is 41.4. The molecule has 0 aromatic heterocycles. The van der Waals surface area contributed by atoms with E-state index in [1.807, 2.05) is 43.3 Å². The van der Waals surface area contributed by atoms with Gasteiger partial charge in [0.15, 0.2) is 0 Å². The largest absolute Gasteiger partial charge is 0.351 e. The lowest BCUT2D eigenvalue weighted by molar-refractivity contribution is -0.146. The number of hydrogen-bond donors (Lipinski definition) is 2. The summed E-state index contributed by atoms with van der Waals surface area (Å²) in [5.41, 5.74) is 4.45. The number of piperidine rings is 1. The van der Waals surface area contributed by atoms with Gasteiger partial charge in [0.2, 0.25) is 5.91 Å². The SMILES string of the molecule is C=C1CCC(N2C(=O)C=C(Nc3cccc(C(C)(C)N(C)CCc4ccc(C)c(Cl)c4)c3)C2=O)C(=O)N1. The minimum Gasteiger partial charge on any atom is -0.351 e. The Morgan fingerprint density at radius 1 is 1.19 bits per heavy atom. The highest BCUT2D eigenvalue weighted by Crippen LogP contribution is 2.30. The zero-order valence-electron chi connectivity index (χ0n) is 21.7. The van der Waals surface area contributed by atoms with E-state index in [-0.39, 0.29) is 17.1 Å². The van der Waals surface area contributed by atoms with Gasteiger partial charge in [-0.05, 0) is 82.0 Å². The Bertz CT molecular complexity index is 1300. The highest BCUT2D eigenvalue weighted by molar-refractivity contribution is 6.31. The molecule has 1 saturated heterocycles. The van der Waals surface area contributed by atoms with Crippen molar-refractivity contribution in [1.29, 1.82) is 0 Å². The molecular weight excluding hydrogens is 488 g/mol. The molecule has 37 heavy (non-hydrogen) atoms. The fourth-order valence-corrected chi connectivity index (χ4v) is 4.80.